The highest BCUT2D eigenvalue weighted by Crippen LogP contribution is 2.42. The molecule has 2 aliphatic carbocycles. The third-order valence-corrected chi connectivity index (χ3v) is 5.24. The first-order chi connectivity index (χ1) is 10.0. The van der Waals surface area contributed by atoms with Gasteiger partial charge in [0.05, 0.1) is 6.10 Å². The molecule has 2 nitrogen and oxygen atoms in total. The normalized spacial score (nSPS) is 25.9. The number of benzene rings is 1. The van der Waals surface area contributed by atoms with E-state index in [1.807, 2.05) is 0 Å². The fourth-order valence-electron chi connectivity index (χ4n) is 4.12. The van der Waals surface area contributed by atoms with Gasteiger partial charge in [0.15, 0.2) is 0 Å². The average Bonchev–Trinajstić information content (AvgIpc) is 2.78. The molecule has 1 aromatic carbocycles. The van der Waals surface area contributed by atoms with Crippen LogP contribution >= 0.6 is 0 Å². The Bertz CT molecular complexity index is 683. The maximum Gasteiger partial charge on any atom is 0.0812 e. The molecule has 1 aromatic heterocycles. The fourth-order valence-corrected chi connectivity index (χ4v) is 4.12. The molecule has 0 saturated heterocycles. The van der Waals surface area contributed by atoms with E-state index in [-0.39, 0.29) is 11.5 Å². The van der Waals surface area contributed by atoms with Crippen molar-refractivity contribution in [3.05, 3.63) is 58.9 Å². The lowest BCUT2D eigenvalue weighted by Gasteiger charge is -2.35. The predicted molar refractivity (Wildman–Crippen MR) is 84.4 cm³/mol. The van der Waals surface area contributed by atoms with Crippen LogP contribution in [0.2, 0.25) is 0 Å². The molecule has 2 aromatic rings. The molecule has 2 atom stereocenters. The van der Waals surface area contributed by atoms with Crippen LogP contribution in [0.1, 0.15) is 54.7 Å². The Hall–Kier alpha value is -1.54. The molecule has 110 valence electrons. The number of fused-ring (bicyclic) bond motifs is 2. The maximum absolute atomic E-state index is 10.4. The monoisotopic (exact) mass is 281 g/mol. The molecule has 0 radical (unpaired) electrons. The molecule has 0 saturated carbocycles. The van der Waals surface area contributed by atoms with E-state index in [1.54, 1.807) is 0 Å². The highest BCUT2D eigenvalue weighted by molar-refractivity contribution is 5.40. The number of hydrogen-bond acceptors (Lipinski definition) is 1. The highest BCUT2D eigenvalue weighted by atomic mass is 16.3. The first kappa shape index (κ1) is 13.1. The molecule has 2 unspecified atom stereocenters. The van der Waals surface area contributed by atoms with Crippen LogP contribution in [0.15, 0.2) is 36.5 Å². The van der Waals surface area contributed by atoms with E-state index in [0.29, 0.717) is 5.92 Å². The molecular weight excluding hydrogens is 258 g/mol. The maximum atomic E-state index is 10.4. The Balaban J connectivity index is 1.61. The standard InChI is InChI=1S/C19H23NO/c1-19(2)10-17-16(18(21)11-19)7-8-20(17)12-14-9-13-5-3-4-6-15(13)14/h3-8,14,18,21H,9-12H2,1-2H3. The van der Waals surface area contributed by atoms with Gasteiger partial charge in [-0.1, -0.05) is 38.1 Å². The third kappa shape index (κ3) is 2.13. The molecule has 2 aliphatic rings. The van der Waals surface area contributed by atoms with Gasteiger partial charge in [-0.2, -0.15) is 0 Å². The van der Waals surface area contributed by atoms with Gasteiger partial charge in [0.1, 0.15) is 0 Å². The van der Waals surface area contributed by atoms with Gasteiger partial charge in [0.2, 0.25) is 0 Å². The van der Waals surface area contributed by atoms with Crippen LogP contribution in [0.3, 0.4) is 0 Å². The van der Waals surface area contributed by atoms with E-state index in [0.717, 1.165) is 24.9 Å². The van der Waals surface area contributed by atoms with Crippen LogP contribution < -0.4 is 0 Å². The van der Waals surface area contributed by atoms with Gasteiger partial charge in [-0.25, -0.2) is 0 Å². The lowest BCUT2D eigenvalue weighted by molar-refractivity contribution is 0.0978. The summed E-state index contributed by atoms with van der Waals surface area (Å²) in [4.78, 5) is 0. The topological polar surface area (TPSA) is 25.2 Å². The van der Waals surface area contributed by atoms with Gasteiger partial charge in [-0.3, -0.25) is 0 Å². The number of nitrogens with zero attached hydrogens (tertiary/aromatic N) is 1. The smallest absolute Gasteiger partial charge is 0.0812 e. The van der Waals surface area contributed by atoms with Crippen LogP contribution in [0, 0.1) is 5.41 Å². The summed E-state index contributed by atoms with van der Waals surface area (Å²) in [5, 5.41) is 10.4. The van der Waals surface area contributed by atoms with Crippen molar-refractivity contribution in [1.82, 2.24) is 4.57 Å². The minimum absolute atomic E-state index is 0.194. The SMILES string of the molecule is CC1(C)Cc2c(ccn2CC2Cc3ccccc32)C(O)C1. The van der Waals surface area contributed by atoms with Crippen LogP contribution in [0.4, 0.5) is 0 Å². The summed E-state index contributed by atoms with van der Waals surface area (Å²) in [7, 11) is 0. The van der Waals surface area contributed by atoms with E-state index in [9.17, 15) is 5.11 Å². The molecule has 0 fully saturated rings. The summed E-state index contributed by atoms with van der Waals surface area (Å²) in [5.74, 6) is 0.639. The van der Waals surface area contributed by atoms with Crippen LogP contribution in [0.5, 0.6) is 0 Å². The second-order valence-electron chi connectivity index (χ2n) is 7.53. The van der Waals surface area contributed by atoms with E-state index in [4.69, 9.17) is 0 Å². The Morgan fingerprint density at radius 2 is 2.00 bits per heavy atom. The number of aromatic nitrogens is 1. The zero-order valence-electron chi connectivity index (χ0n) is 12.8. The van der Waals surface area contributed by atoms with E-state index in [1.165, 1.54) is 23.2 Å². The van der Waals surface area contributed by atoms with Crippen LogP contribution in [0.25, 0.3) is 0 Å². The largest absolute Gasteiger partial charge is 0.388 e. The number of aliphatic hydroxyl groups excluding tert-OH is 1. The molecule has 21 heavy (non-hydrogen) atoms. The summed E-state index contributed by atoms with van der Waals surface area (Å²) < 4.78 is 2.39. The van der Waals surface area contributed by atoms with Gasteiger partial charge < -0.3 is 9.67 Å². The fraction of sp³-hybridized carbons (Fsp3) is 0.474. The highest BCUT2D eigenvalue weighted by Gasteiger charge is 2.34. The second kappa shape index (κ2) is 4.48. The molecule has 1 heterocycles. The third-order valence-electron chi connectivity index (χ3n) is 5.24. The summed E-state index contributed by atoms with van der Waals surface area (Å²) in [6, 6.07) is 10.9. The van der Waals surface area contributed by atoms with Crippen molar-refractivity contribution in [3.8, 4) is 0 Å². The van der Waals surface area contributed by atoms with Crippen molar-refractivity contribution in [2.75, 3.05) is 0 Å². The summed E-state index contributed by atoms with van der Waals surface area (Å²) in [6.07, 6.45) is 5.01. The predicted octanol–water partition coefficient (Wildman–Crippen LogP) is 3.83. The minimum Gasteiger partial charge on any atom is -0.388 e. The Morgan fingerprint density at radius 3 is 2.81 bits per heavy atom. The van der Waals surface area contributed by atoms with Gasteiger partial charge in [-0.15, -0.1) is 0 Å². The van der Waals surface area contributed by atoms with Crippen molar-refractivity contribution in [3.63, 3.8) is 0 Å². The minimum atomic E-state index is -0.293. The lowest BCUT2D eigenvalue weighted by Crippen LogP contribution is -2.28. The summed E-state index contributed by atoms with van der Waals surface area (Å²) in [5.41, 5.74) is 5.71. The van der Waals surface area contributed by atoms with Crippen LogP contribution in [-0.4, -0.2) is 9.67 Å². The van der Waals surface area contributed by atoms with E-state index < -0.39 is 0 Å². The molecule has 0 aliphatic heterocycles. The molecule has 0 spiro atoms. The first-order valence-electron chi connectivity index (χ1n) is 7.97. The second-order valence-corrected chi connectivity index (χ2v) is 7.53. The van der Waals surface area contributed by atoms with Gasteiger partial charge >= 0.3 is 0 Å². The molecule has 0 bridgehead atoms. The first-order valence-corrected chi connectivity index (χ1v) is 7.97. The van der Waals surface area contributed by atoms with Crippen molar-refractivity contribution >= 4 is 0 Å². The van der Waals surface area contributed by atoms with Crippen molar-refractivity contribution in [1.29, 1.82) is 0 Å². The van der Waals surface area contributed by atoms with Gasteiger partial charge in [0.25, 0.3) is 0 Å². The molecule has 4 rings (SSSR count). The quantitative estimate of drug-likeness (QED) is 0.889. The Morgan fingerprint density at radius 1 is 1.19 bits per heavy atom. The molecule has 0 amide bonds. The number of rotatable bonds is 2. The molecule has 1 N–H and O–H groups in total. The lowest BCUT2D eigenvalue weighted by atomic mass is 9.75. The van der Waals surface area contributed by atoms with Crippen LogP contribution in [-0.2, 0) is 19.4 Å². The van der Waals surface area contributed by atoms with Crippen molar-refractivity contribution in [2.24, 2.45) is 5.41 Å². The number of hydrogen-bond donors (Lipinski definition) is 1. The Kier molecular flexibility index (Phi) is 2.80. The summed E-state index contributed by atoms with van der Waals surface area (Å²) in [6.45, 7) is 5.57. The van der Waals surface area contributed by atoms with Crippen molar-refractivity contribution < 1.29 is 5.11 Å². The summed E-state index contributed by atoms with van der Waals surface area (Å²) >= 11 is 0. The van der Waals surface area contributed by atoms with Gasteiger partial charge in [-0.05, 0) is 41.9 Å². The zero-order chi connectivity index (χ0) is 14.6. The van der Waals surface area contributed by atoms with E-state index >= 15 is 0 Å². The van der Waals surface area contributed by atoms with E-state index in [2.05, 4.69) is 54.9 Å². The zero-order valence-corrected chi connectivity index (χ0v) is 12.8. The Labute approximate surface area is 126 Å². The van der Waals surface area contributed by atoms with Gasteiger partial charge in [0, 0.05) is 29.9 Å². The molecular formula is C19H23NO. The van der Waals surface area contributed by atoms with Crippen molar-refractivity contribution in [2.45, 2.75) is 51.7 Å². The number of aliphatic hydroxyl groups is 1. The average molecular weight is 281 g/mol. The molecule has 2 heteroatoms.